The minimum atomic E-state index is -1.63. The number of hydrogen-bond acceptors (Lipinski definition) is 3. The Morgan fingerprint density at radius 3 is 2.58 bits per heavy atom. The first-order valence-corrected chi connectivity index (χ1v) is 9.67. The molecule has 4 nitrogen and oxygen atoms in total. The molecule has 1 aromatic heterocycles. The topological polar surface area (TPSA) is 39.4 Å². The van der Waals surface area contributed by atoms with Gasteiger partial charge in [0, 0.05) is 13.2 Å². The molecule has 0 amide bonds. The summed E-state index contributed by atoms with van der Waals surface area (Å²) < 4.78 is 7.82. The second-order valence-corrected chi connectivity index (χ2v) is 9.75. The Morgan fingerprint density at radius 2 is 1.95 bits per heavy atom. The molecule has 0 aliphatic rings. The summed E-state index contributed by atoms with van der Waals surface area (Å²) in [5.74, 6) is 0.847. The van der Waals surface area contributed by atoms with Gasteiger partial charge in [-0.1, -0.05) is 12.1 Å². The molecule has 0 fully saturated rings. The zero-order chi connectivity index (χ0) is 13.9. The molecule has 0 unspecified atom stereocenters. The molecule has 19 heavy (non-hydrogen) atoms. The number of para-hydroxylation sites is 2. The number of aliphatic imine (C=N–C) groups is 1. The van der Waals surface area contributed by atoms with Gasteiger partial charge >= 0.3 is 0 Å². The SMILES string of the molecule is Cn1nccc1/C=N/c1ccccc1O[Si](C)(C)C. The van der Waals surface area contributed by atoms with E-state index in [1.165, 1.54) is 0 Å². The smallest absolute Gasteiger partial charge is 0.242 e. The van der Waals surface area contributed by atoms with Gasteiger partial charge in [0.2, 0.25) is 8.32 Å². The quantitative estimate of drug-likeness (QED) is 0.633. The van der Waals surface area contributed by atoms with Gasteiger partial charge in [-0.2, -0.15) is 5.10 Å². The van der Waals surface area contributed by atoms with Gasteiger partial charge < -0.3 is 4.43 Å². The van der Waals surface area contributed by atoms with Crippen molar-refractivity contribution in [3.05, 3.63) is 42.2 Å². The van der Waals surface area contributed by atoms with E-state index in [0.717, 1.165) is 17.1 Å². The molecule has 0 spiro atoms. The van der Waals surface area contributed by atoms with E-state index in [9.17, 15) is 0 Å². The van der Waals surface area contributed by atoms with Crippen LogP contribution < -0.4 is 4.43 Å². The number of nitrogens with zero attached hydrogens (tertiary/aromatic N) is 3. The van der Waals surface area contributed by atoms with Crippen LogP contribution >= 0.6 is 0 Å². The van der Waals surface area contributed by atoms with Gasteiger partial charge in [0.1, 0.15) is 11.4 Å². The molecule has 2 aromatic rings. The standard InChI is InChI=1S/C14H19N3OSi/c1-17-12(9-10-16-17)11-15-13-7-5-6-8-14(13)18-19(2,3)4/h5-11H,1-4H3/b15-11+. The van der Waals surface area contributed by atoms with Crippen molar-refractivity contribution >= 4 is 20.2 Å². The van der Waals surface area contributed by atoms with E-state index in [1.54, 1.807) is 17.1 Å². The van der Waals surface area contributed by atoms with Crippen molar-refractivity contribution in [2.24, 2.45) is 12.0 Å². The highest BCUT2D eigenvalue weighted by molar-refractivity contribution is 6.70. The molecule has 0 radical (unpaired) electrons. The van der Waals surface area contributed by atoms with Crippen LogP contribution in [0.5, 0.6) is 5.75 Å². The van der Waals surface area contributed by atoms with Crippen molar-refractivity contribution in [2.75, 3.05) is 0 Å². The number of hydrogen-bond donors (Lipinski definition) is 0. The monoisotopic (exact) mass is 273 g/mol. The van der Waals surface area contributed by atoms with E-state index in [4.69, 9.17) is 4.43 Å². The van der Waals surface area contributed by atoms with Gasteiger partial charge in [0.25, 0.3) is 0 Å². The Kier molecular flexibility index (Phi) is 3.85. The van der Waals surface area contributed by atoms with Crippen LogP contribution in [0.25, 0.3) is 0 Å². The van der Waals surface area contributed by atoms with Gasteiger partial charge in [-0.15, -0.1) is 0 Å². The predicted molar refractivity (Wildman–Crippen MR) is 80.9 cm³/mol. The van der Waals surface area contributed by atoms with Gasteiger partial charge in [-0.05, 0) is 37.8 Å². The van der Waals surface area contributed by atoms with Gasteiger partial charge in [-0.25, -0.2) is 0 Å². The Hall–Kier alpha value is -1.88. The summed E-state index contributed by atoms with van der Waals surface area (Å²) in [6.07, 6.45) is 3.56. The van der Waals surface area contributed by atoms with Crippen LogP contribution in [-0.4, -0.2) is 24.3 Å². The van der Waals surface area contributed by atoms with Crippen molar-refractivity contribution in [2.45, 2.75) is 19.6 Å². The van der Waals surface area contributed by atoms with Crippen molar-refractivity contribution < 1.29 is 4.43 Å². The Bertz CT molecular complexity index is 584. The maximum atomic E-state index is 6.04. The third kappa shape index (κ3) is 3.79. The van der Waals surface area contributed by atoms with Crippen LogP contribution in [0.4, 0.5) is 5.69 Å². The molecular formula is C14H19N3OSi. The van der Waals surface area contributed by atoms with Gasteiger partial charge in [0.05, 0.1) is 11.9 Å². The van der Waals surface area contributed by atoms with E-state index in [2.05, 4.69) is 29.7 Å². The van der Waals surface area contributed by atoms with Crippen LogP contribution in [0.1, 0.15) is 5.69 Å². The highest BCUT2D eigenvalue weighted by Crippen LogP contribution is 2.29. The molecule has 100 valence electrons. The van der Waals surface area contributed by atoms with Crippen LogP contribution in [0.15, 0.2) is 41.5 Å². The largest absolute Gasteiger partial charge is 0.543 e. The maximum absolute atomic E-state index is 6.04. The molecule has 0 saturated carbocycles. The molecule has 1 heterocycles. The summed E-state index contributed by atoms with van der Waals surface area (Å²) in [4.78, 5) is 4.51. The second-order valence-electron chi connectivity index (χ2n) is 5.32. The molecule has 0 aliphatic carbocycles. The zero-order valence-electron chi connectivity index (χ0n) is 11.8. The predicted octanol–water partition coefficient (Wildman–Crippen LogP) is 3.38. The number of rotatable bonds is 4. The molecule has 0 atom stereocenters. The number of benzene rings is 1. The van der Waals surface area contributed by atoms with Gasteiger partial charge in [-0.3, -0.25) is 9.67 Å². The molecule has 5 heteroatoms. The second kappa shape index (κ2) is 5.40. The first kappa shape index (κ1) is 13.5. The van der Waals surface area contributed by atoms with E-state index in [-0.39, 0.29) is 0 Å². The van der Waals surface area contributed by atoms with Crippen LogP contribution in [0.3, 0.4) is 0 Å². The Balaban J connectivity index is 2.25. The van der Waals surface area contributed by atoms with E-state index in [0.29, 0.717) is 0 Å². The lowest BCUT2D eigenvalue weighted by atomic mass is 10.3. The normalized spacial score (nSPS) is 12.0. The van der Waals surface area contributed by atoms with Crippen molar-refractivity contribution in [1.82, 2.24) is 9.78 Å². The number of aromatic nitrogens is 2. The highest BCUT2D eigenvalue weighted by atomic mass is 28.4. The zero-order valence-corrected chi connectivity index (χ0v) is 12.8. The summed E-state index contributed by atoms with van der Waals surface area (Å²) in [5, 5.41) is 4.11. The molecule has 2 rings (SSSR count). The van der Waals surface area contributed by atoms with Crippen LogP contribution in [-0.2, 0) is 7.05 Å². The Labute approximate surface area is 114 Å². The van der Waals surface area contributed by atoms with E-state index < -0.39 is 8.32 Å². The molecule has 0 bridgehead atoms. The lowest BCUT2D eigenvalue weighted by molar-refractivity contribution is 0.559. The molecule has 0 N–H and O–H groups in total. The average Bonchev–Trinajstić information content (AvgIpc) is 2.72. The summed E-state index contributed by atoms with van der Waals surface area (Å²) in [6.45, 7) is 6.48. The van der Waals surface area contributed by atoms with Gasteiger partial charge in [0.15, 0.2) is 0 Å². The fraction of sp³-hybridized carbons (Fsp3) is 0.286. The first-order valence-electron chi connectivity index (χ1n) is 6.26. The Morgan fingerprint density at radius 1 is 1.21 bits per heavy atom. The summed E-state index contributed by atoms with van der Waals surface area (Å²) >= 11 is 0. The minimum Gasteiger partial charge on any atom is -0.543 e. The number of aryl methyl sites for hydroxylation is 1. The summed E-state index contributed by atoms with van der Waals surface area (Å²) in [6, 6.07) is 9.79. The molecule has 0 saturated heterocycles. The maximum Gasteiger partial charge on any atom is 0.242 e. The molecule has 0 aliphatic heterocycles. The van der Waals surface area contributed by atoms with E-state index >= 15 is 0 Å². The fourth-order valence-electron chi connectivity index (χ4n) is 1.63. The third-order valence-electron chi connectivity index (χ3n) is 2.48. The lowest BCUT2D eigenvalue weighted by Gasteiger charge is -2.20. The average molecular weight is 273 g/mol. The van der Waals surface area contributed by atoms with Crippen molar-refractivity contribution in [3.8, 4) is 5.75 Å². The first-order chi connectivity index (χ1) is 8.96. The molecule has 1 aromatic carbocycles. The van der Waals surface area contributed by atoms with Crippen molar-refractivity contribution in [3.63, 3.8) is 0 Å². The van der Waals surface area contributed by atoms with Crippen LogP contribution in [0, 0.1) is 0 Å². The third-order valence-corrected chi connectivity index (χ3v) is 3.31. The fourth-order valence-corrected chi connectivity index (χ4v) is 2.46. The lowest BCUT2D eigenvalue weighted by Crippen LogP contribution is -2.29. The summed E-state index contributed by atoms with van der Waals surface area (Å²) in [7, 11) is 0.268. The van der Waals surface area contributed by atoms with Crippen molar-refractivity contribution in [1.29, 1.82) is 0 Å². The summed E-state index contributed by atoms with van der Waals surface area (Å²) in [5.41, 5.74) is 1.81. The minimum absolute atomic E-state index is 0.847. The molecular weight excluding hydrogens is 254 g/mol. The van der Waals surface area contributed by atoms with Crippen LogP contribution in [0.2, 0.25) is 19.6 Å². The highest BCUT2D eigenvalue weighted by Gasteiger charge is 2.17. The van der Waals surface area contributed by atoms with E-state index in [1.807, 2.05) is 37.4 Å².